The lowest BCUT2D eigenvalue weighted by Gasteiger charge is -2.01. The van der Waals surface area contributed by atoms with Gasteiger partial charge in [-0.25, -0.2) is 0 Å². The van der Waals surface area contributed by atoms with E-state index in [1.807, 2.05) is 6.92 Å². The van der Waals surface area contributed by atoms with E-state index in [-0.39, 0.29) is 0 Å². The Bertz CT molecular complexity index is 129. The van der Waals surface area contributed by atoms with Crippen LogP contribution in [0.4, 0.5) is 0 Å². The van der Waals surface area contributed by atoms with Gasteiger partial charge in [-0.1, -0.05) is 5.57 Å². The van der Waals surface area contributed by atoms with Gasteiger partial charge in [-0.3, -0.25) is 4.21 Å². The summed E-state index contributed by atoms with van der Waals surface area (Å²) in [4.78, 5) is 0. The van der Waals surface area contributed by atoms with E-state index in [0.717, 1.165) is 25.3 Å². The van der Waals surface area contributed by atoms with E-state index in [0.29, 0.717) is 0 Å². The standard InChI is InChI=1S/C8H17NOS/c1-8(2)4-5-9-6-7-11(3)10/h9H,1,4-7H2,2-3H3. The highest BCUT2D eigenvalue weighted by Gasteiger charge is 1.90. The van der Waals surface area contributed by atoms with E-state index < -0.39 is 10.8 Å². The molecule has 0 saturated carbocycles. The van der Waals surface area contributed by atoms with Crippen LogP contribution in [0.15, 0.2) is 12.2 Å². The van der Waals surface area contributed by atoms with Gasteiger partial charge in [-0.05, 0) is 19.9 Å². The maximum absolute atomic E-state index is 10.6. The van der Waals surface area contributed by atoms with Crippen LogP contribution in [0.1, 0.15) is 13.3 Å². The monoisotopic (exact) mass is 175 g/mol. The molecule has 0 amide bonds. The van der Waals surface area contributed by atoms with Crippen molar-refractivity contribution >= 4 is 10.8 Å². The highest BCUT2D eigenvalue weighted by atomic mass is 32.2. The molecule has 0 heterocycles. The normalized spacial score (nSPS) is 12.9. The molecule has 0 saturated heterocycles. The summed E-state index contributed by atoms with van der Waals surface area (Å²) in [5.74, 6) is 0.746. The summed E-state index contributed by atoms with van der Waals surface area (Å²) in [6.45, 7) is 7.60. The molecule has 0 aliphatic carbocycles. The topological polar surface area (TPSA) is 29.1 Å². The van der Waals surface area contributed by atoms with Crippen LogP contribution in [0.25, 0.3) is 0 Å². The Morgan fingerprint density at radius 1 is 1.55 bits per heavy atom. The van der Waals surface area contributed by atoms with Crippen LogP contribution in [0.3, 0.4) is 0 Å². The third kappa shape index (κ3) is 9.85. The van der Waals surface area contributed by atoms with E-state index >= 15 is 0 Å². The molecule has 0 rings (SSSR count). The van der Waals surface area contributed by atoms with Crippen molar-refractivity contribution in [1.82, 2.24) is 5.32 Å². The Labute approximate surface area is 71.5 Å². The van der Waals surface area contributed by atoms with Crippen molar-refractivity contribution in [3.8, 4) is 0 Å². The van der Waals surface area contributed by atoms with Crippen LogP contribution >= 0.6 is 0 Å². The van der Waals surface area contributed by atoms with Crippen LogP contribution in [-0.4, -0.2) is 29.3 Å². The van der Waals surface area contributed by atoms with Gasteiger partial charge in [0.05, 0.1) is 0 Å². The fourth-order valence-corrected chi connectivity index (χ4v) is 1.07. The van der Waals surface area contributed by atoms with E-state index in [2.05, 4.69) is 11.9 Å². The predicted octanol–water partition coefficient (Wildman–Crippen LogP) is 0.921. The second-order valence-electron chi connectivity index (χ2n) is 2.73. The smallest absolute Gasteiger partial charge is 0.0357 e. The van der Waals surface area contributed by atoms with Gasteiger partial charge in [0.25, 0.3) is 0 Å². The van der Waals surface area contributed by atoms with Crippen LogP contribution < -0.4 is 5.32 Å². The molecular formula is C8H17NOS. The summed E-state index contributed by atoms with van der Waals surface area (Å²) in [6, 6.07) is 0. The van der Waals surface area contributed by atoms with Crippen molar-refractivity contribution in [3.05, 3.63) is 12.2 Å². The molecule has 0 aromatic carbocycles. The van der Waals surface area contributed by atoms with Crippen molar-refractivity contribution in [2.75, 3.05) is 25.1 Å². The Morgan fingerprint density at radius 2 is 2.18 bits per heavy atom. The predicted molar refractivity (Wildman–Crippen MR) is 51.2 cm³/mol. The SMILES string of the molecule is C=C(C)CCNCCS(C)=O. The van der Waals surface area contributed by atoms with Crippen molar-refractivity contribution < 1.29 is 4.21 Å². The van der Waals surface area contributed by atoms with Crippen molar-refractivity contribution in [2.24, 2.45) is 0 Å². The first-order chi connectivity index (χ1) is 5.13. The molecule has 2 nitrogen and oxygen atoms in total. The Balaban J connectivity index is 3.03. The minimum atomic E-state index is -0.665. The molecule has 0 spiro atoms. The van der Waals surface area contributed by atoms with Gasteiger partial charge >= 0.3 is 0 Å². The first-order valence-electron chi connectivity index (χ1n) is 3.78. The van der Waals surface area contributed by atoms with E-state index in [9.17, 15) is 4.21 Å². The van der Waals surface area contributed by atoms with Crippen LogP contribution in [0, 0.1) is 0 Å². The molecule has 0 aliphatic heterocycles. The fourth-order valence-electron chi connectivity index (χ4n) is 0.643. The molecule has 0 aromatic rings. The molecule has 1 atom stereocenters. The summed E-state index contributed by atoms with van der Waals surface area (Å²) in [6.07, 6.45) is 2.73. The molecule has 0 bridgehead atoms. The van der Waals surface area contributed by atoms with Gasteiger partial charge in [-0.15, -0.1) is 6.58 Å². The van der Waals surface area contributed by atoms with Crippen LogP contribution in [0.2, 0.25) is 0 Å². The van der Waals surface area contributed by atoms with Gasteiger partial charge in [0, 0.05) is 29.4 Å². The molecule has 0 aliphatic rings. The van der Waals surface area contributed by atoms with Gasteiger partial charge in [0.2, 0.25) is 0 Å². The summed E-state index contributed by atoms with van der Waals surface area (Å²) in [7, 11) is -0.665. The molecule has 0 aromatic heterocycles. The van der Waals surface area contributed by atoms with E-state index in [1.54, 1.807) is 6.26 Å². The lowest BCUT2D eigenvalue weighted by atomic mass is 10.2. The van der Waals surface area contributed by atoms with E-state index in [4.69, 9.17) is 0 Å². The molecule has 1 N–H and O–H groups in total. The van der Waals surface area contributed by atoms with Gasteiger partial charge in [0.1, 0.15) is 0 Å². The summed E-state index contributed by atoms with van der Waals surface area (Å²) < 4.78 is 10.6. The maximum Gasteiger partial charge on any atom is 0.0357 e. The zero-order valence-corrected chi connectivity index (χ0v) is 8.17. The fraction of sp³-hybridized carbons (Fsp3) is 0.750. The molecule has 11 heavy (non-hydrogen) atoms. The maximum atomic E-state index is 10.6. The minimum absolute atomic E-state index is 0.665. The summed E-state index contributed by atoms with van der Waals surface area (Å²) in [5.41, 5.74) is 1.19. The largest absolute Gasteiger partial charge is 0.316 e. The third-order valence-corrected chi connectivity index (χ3v) is 2.07. The molecule has 0 fully saturated rings. The molecule has 1 unspecified atom stereocenters. The molecule has 0 radical (unpaired) electrons. The van der Waals surface area contributed by atoms with Gasteiger partial charge in [0.15, 0.2) is 0 Å². The quantitative estimate of drug-likeness (QED) is 0.480. The molecule has 66 valence electrons. The first kappa shape index (κ1) is 10.8. The Morgan fingerprint density at radius 3 is 2.64 bits per heavy atom. The van der Waals surface area contributed by atoms with Gasteiger partial charge in [-0.2, -0.15) is 0 Å². The van der Waals surface area contributed by atoms with Crippen molar-refractivity contribution in [1.29, 1.82) is 0 Å². The summed E-state index contributed by atoms with van der Waals surface area (Å²) in [5, 5.41) is 3.19. The minimum Gasteiger partial charge on any atom is -0.316 e. The van der Waals surface area contributed by atoms with Gasteiger partial charge < -0.3 is 5.32 Å². The van der Waals surface area contributed by atoms with Crippen LogP contribution in [-0.2, 0) is 10.8 Å². The lowest BCUT2D eigenvalue weighted by Crippen LogP contribution is -2.21. The van der Waals surface area contributed by atoms with E-state index in [1.165, 1.54) is 5.57 Å². The third-order valence-electron chi connectivity index (χ3n) is 1.29. The average Bonchev–Trinajstić information content (AvgIpc) is 1.85. The molecular weight excluding hydrogens is 158 g/mol. The van der Waals surface area contributed by atoms with Crippen LogP contribution in [0.5, 0.6) is 0 Å². The number of rotatable bonds is 6. The lowest BCUT2D eigenvalue weighted by molar-refractivity contribution is 0.675. The van der Waals surface area contributed by atoms with Crippen molar-refractivity contribution in [3.63, 3.8) is 0 Å². The average molecular weight is 175 g/mol. The highest BCUT2D eigenvalue weighted by molar-refractivity contribution is 7.84. The Kier molecular flexibility index (Phi) is 6.46. The number of nitrogens with one attached hydrogen (secondary N) is 1. The zero-order valence-electron chi connectivity index (χ0n) is 7.35. The second-order valence-corrected chi connectivity index (χ2v) is 4.29. The highest BCUT2D eigenvalue weighted by Crippen LogP contribution is 1.91. The summed E-state index contributed by atoms with van der Waals surface area (Å²) >= 11 is 0. The zero-order chi connectivity index (χ0) is 8.69. The molecule has 3 heteroatoms. The first-order valence-corrected chi connectivity index (χ1v) is 5.50. The Hall–Kier alpha value is -0.150. The number of hydrogen-bond acceptors (Lipinski definition) is 2. The number of hydrogen-bond donors (Lipinski definition) is 1. The second kappa shape index (κ2) is 6.55. The van der Waals surface area contributed by atoms with Crippen molar-refractivity contribution in [2.45, 2.75) is 13.3 Å².